The summed E-state index contributed by atoms with van der Waals surface area (Å²) in [5, 5.41) is 0. The van der Waals surface area contributed by atoms with E-state index in [1.807, 2.05) is 19.3 Å². The summed E-state index contributed by atoms with van der Waals surface area (Å²) in [5.41, 5.74) is 0.747. The molecule has 0 saturated carbocycles. The zero-order valence-corrected chi connectivity index (χ0v) is 14.5. The van der Waals surface area contributed by atoms with Crippen molar-refractivity contribution in [3.05, 3.63) is 24.0 Å². The van der Waals surface area contributed by atoms with Gasteiger partial charge >= 0.3 is 6.09 Å². The smallest absolute Gasteiger partial charge is 0.412 e. The minimum absolute atomic E-state index is 0.156. The van der Waals surface area contributed by atoms with Crippen molar-refractivity contribution in [3.63, 3.8) is 0 Å². The van der Waals surface area contributed by atoms with Crippen molar-refractivity contribution >= 4 is 6.09 Å². The van der Waals surface area contributed by atoms with Crippen LogP contribution in [0.1, 0.15) is 39.8 Å². The van der Waals surface area contributed by atoms with Crippen LogP contribution in [-0.2, 0) is 22.9 Å². The van der Waals surface area contributed by atoms with E-state index in [0.29, 0.717) is 6.61 Å². The highest BCUT2D eigenvalue weighted by Gasteiger charge is 2.51. The maximum absolute atomic E-state index is 12.3. The molecule has 1 fully saturated rings. The molecule has 1 amide bonds. The molecule has 0 radical (unpaired) electrons. The van der Waals surface area contributed by atoms with E-state index in [4.69, 9.17) is 9.47 Å². The Morgan fingerprint density at radius 1 is 1.50 bits per heavy atom. The molecule has 0 N–H and O–H groups in total. The molecule has 1 unspecified atom stereocenters. The molecule has 124 valence electrons. The van der Waals surface area contributed by atoms with E-state index in [1.165, 1.54) is 12.8 Å². The average Bonchev–Trinajstić information content (AvgIpc) is 2.99. The first-order chi connectivity index (χ1) is 10.2. The fourth-order valence-corrected chi connectivity index (χ4v) is 3.08. The Kier molecular flexibility index (Phi) is 4.57. The van der Waals surface area contributed by atoms with E-state index < -0.39 is 0 Å². The highest BCUT2D eigenvalue weighted by molar-refractivity contribution is 5.69. The molecule has 22 heavy (non-hydrogen) atoms. The summed E-state index contributed by atoms with van der Waals surface area (Å²) < 4.78 is 13.1. The molecule has 0 spiro atoms. The lowest BCUT2D eigenvalue weighted by Crippen LogP contribution is -2.53. The standard InChI is InChI=1S/C17H28N2O3/c1-16(2,3)14-19(15(20)21-6)17(4,12-22-14)10-9-13-8-7-11-18(13)5/h7-8,11,14H,9-10,12H2,1-6H3/t14?,17-/m1/s1. The Bertz CT molecular complexity index is 532. The van der Waals surface area contributed by atoms with Gasteiger partial charge in [-0.1, -0.05) is 20.8 Å². The van der Waals surface area contributed by atoms with Crippen molar-refractivity contribution in [1.82, 2.24) is 9.47 Å². The van der Waals surface area contributed by atoms with Crippen LogP contribution < -0.4 is 0 Å². The van der Waals surface area contributed by atoms with Gasteiger partial charge in [-0.3, -0.25) is 4.90 Å². The highest BCUT2D eigenvalue weighted by Crippen LogP contribution is 2.39. The zero-order chi connectivity index (χ0) is 16.5. The summed E-state index contributed by atoms with van der Waals surface area (Å²) in [6.45, 7) is 8.86. The Balaban J connectivity index is 2.19. The number of aryl methyl sites for hydroxylation is 2. The molecule has 0 aliphatic carbocycles. The highest BCUT2D eigenvalue weighted by atomic mass is 16.6. The number of aromatic nitrogens is 1. The molecular weight excluding hydrogens is 280 g/mol. The van der Waals surface area contributed by atoms with Crippen LogP contribution in [0.15, 0.2) is 18.3 Å². The maximum Gasteiger partial charge on any atom is 0.412 e. The first-order valence-corrected chi connectivity index (χ1v) is 7.78. The number of rotatable bonds is 3. The largest absolute Gasteiger partial charge is 0.453 e. The zero-order valence-electron chi connectivity index (χ0n) is 14.5. The summed E-state index contributed by atoms with van der Waals surface area (Å²) >= 11 is 0. The van der Waals surface area contributed by atoms with Gasteiger partial charge < -0.3 is 14.0 Å². The Morgan fingerprint density at radius 3 is 2.68 bits per heavy atom. The third kappa shape index (κ3) is 3.14. The van der Waals surface area contributed by atoms with Crippen molar-refractivity contribution in [1.29, 1.82) is 0 Å². The van der Waals surface area contributed by atoms with Crippen molar-refractivity contribution in [2.75, 3.05) is 13.7 Å². The molecule has 0 aromatic carbocycles. The second-order valence-electron chi connectivity index (χ2n) is 7.48. The SMILES string of the molecule is COC(=O)N1C(C(C)(C)C)OC[C@@]1(C)CCc1cccn1C. The minimum Gasteiger partial charge on any atom is -0.453 e. The van der Waals surface area contributed by atoms with Crippen molar-refractivity contribution in [2.45, 2.75) is 52.3 Å². The minimum atomic E-state index is -0.352. The topological polar surface area (TPSA) is 43.7 Å². The van der Waals surface area contributed by atoms with Gasteiger partial charge in [0.1, 0.15) is 6.23 Å². The van der Waals surface area contributed by atoms with Crippen LogP contribution >= 0.6 is 0 Å². The maximum atomic E-state index is 12.3. The van der Waals surface area contributed by atoms with E-state index in [9.17, 15) is 4.79 Å². The summed E-state index contributed by atoms with van der Waals surface area (Å²) in [6, 6.07) is 4.15. The predicted octanol–water partition coefficient (Wildman–Crippen LogP) is 3.19. The molecule has 1 aromatic rings. The summed E-state index contributed by atoms with van der Waals surface area (Å²) in [6.07, 6.45) is 3.20. The van der Waals surface area contributed by atoms with E-state index in [-0.39, 0.29) is 23.3 Å². The monoisotopic (exact) mass is 308 g/mol. The van der Waals surface area contributed by atoms with Crippen LogP contribution in [0.5, 0.6) is 0 Å². The fraction of sp³-hybridized carbons (Fsp3) is 0.706. The van der Waals surface area contributed by atoms with Crippen LogP contribution in [0.25, 0.3) is 0 Å². The molecule has 5 heteroatoms. The van der Waals surface area contributed by atoms with Gasteiger partial charge in [-0.25, -0.2) is 4.79 Å². The van der Waals surface area contributed by atoms with E-state index in [1.54, 1.807) is 4.90 Å². The lowest BCUT2D eigenvalue weighted by atomic mass is 9.89. The molecule has 1 aliphatic rings. The lowest BCUT2D eigenvalue weighted by molar-refractivity contribution is -0.0463. The molecule has 5 nitrogen and oxygen atoms in total. The second-order valence-corrected chi connectivity index (χ2v) is 7.48. The summed E-state index contributed by atoms with van der Waals surface area (Å²) in [5.74, 6) is 0. The van der Waals surface area contributed by atoms with Gasteiger partial charge in [-0.15, -0.1) is 0 Å². The quantitative estimate of drug-likeness (QED) is 0.861. The number of amides is 1. The van der Waals surface area contributed by atoms with E-state index in [2.05, 4.69) is 38.3 Å². The number of nitrogens with zero attached hydrogens (tertiary/aromatic N) is 2. The van der Waals surface area contributed by atoms with Gasteiger partial charge in [-0.05, 0) is 31.9 Å². The van der Waals surface area contributed by atoms with Crippen LogP contribution in [-0.4, -0.2) is 41.0 Å². The number of hydrogen-bond donors (Lipinski definition) is 0. The lowest BCUT2D eigenvalue weighted by Gasteiger charge is -2.39. The van der Waals surface area contributed by atoms with Crippen molar-refractivity contribution in [3.8, 4) is 0 Å². The van der Waals surface area contributed by atoms with Crippen LogP contribution in [0, 0.1) is 5.41 Å². The second kappa shape index (κ2) is 5.95. The molecule has 0 bridgehead atoms. The van der Waals surface area contributed by atoms with Crippen LogP contribution in [0.3, 0.4) is 0 Å². The van der Waals surface area contributed by atoms with Gasteiger partial charge in [0, 0.05) is 24.4 Å². The Hall–Kier alpha value is -1.49. The first kappa shape index (κ1) is 16.9. The molecule has 1 aromatic heterocycles. The molecule has 1 saturated heterocycles. The van der Waals surface area contributed by atoms with Crippen LogP contribution in [0.2, 0.25) is 0 Å². The van der Waals surface area contributed by atoms with Gasteiger partial charge in [-0.2, -0.15) is 0 Å². The van der Waals surface area contributed by atoms with Gasteiger partial charge in [0.25, 0.3) is 0 Å². The normalized spacial score (nSPS) is 25.5. The molecule has 1 aliphatic heterocycles. The van der Waals surface area contributed by atoms with Gasteiger partial charge in [0.15, 0.2) is 0 Å². The number of carbonyl (C=O) groups excluding carboxylic acids is 1. The van der Waals surface area contributed by atoms with Crippen molar-refractivity contribution in [2.24, 2.45) is 12.5 Å². The Morgan fingerprint density at radius 2 is 2.18 bits per heavy atom. The van der Waals surface area contributed by atoms with Crippen molar-refractivity contribution < 1.29 is 14.3 Å². The molecular formula is C17H28N2O3. The molecule has 2 heterocycles. The summed E-state index contributed by atoms with van der Waals surface area (Å²) in [7, 11) is 3.47. The number of methoxy groups -OCH3 is 1. The third-order valence-electron chi connectivity index (χ3n) is 4.45. The van der Waals surface area contributed by atoms with Crippen LogP contribution in [0.4, 0.5) is 4.79 Å². The third-order valence-corrected chi connectivity index (χ3v) is 4.45. The predicted molar refractivity (Wildman–Crippen MR) is 85.6 cm³/mol. The molecule has 2 rings (SSSR count). The van der Waals surface area contributed by atoms with Gasteiger partial charge in [0.2, 0.25) is 0 Å². The van der Waals surface area contributed by atoms with E-state index >= 15 is 0 Å². The fourth-order valence-electron chi connectivity index (χ4n) is 3.08. The number of carbonyl (C=O) groups is 1. The average molecular weight is 308 g/mol. The Labute approximate surface area is 133 Å². The molecule has 2 atom stereocenters. The number of ether oxygens (including phenoxy) is 2. The first-order valence-electron chi connectivity index (χ1n) is 7.78. The number of hydrogen-bond acceptors (Lipinski definition) is 3. The summed E-state index contributed by atoms with van der Waals surface area (Å²) in [4.78, 5) is 14.1. The van der Waals surface area contributed by atoms with Gasteiger partial charge in [0.05, 0.1) is 19.3 Å². The van der Waals surface area contributed by atoms with E-state index in [0.717, 1.165) is 12.8 Å².